The van der Waals surface area contributed by atoms with Gasteiger partial charge in [-0.05, 0) is 32.4 Å². The topological polar surface area (TPSA) is 81.2 Å². The Kier molecular flexibility index (Phi) is 4.22. The summed E-state index contributed by atoms with van der Waals surface area (Å²) in [6.07, 6.45) is 3.16. The maximum Gasteiger partial charge on any atom is 0.238 e. The van der Waals surface area contributed by atoms with Crippen LogP contribution in [0.2, 0.25) is 0 Å². The summed E-state index contributed by atoms with van der Waals surface area (Å²) in [7, 11) is 0. The van der Waals surface area contributed by atoms with Crippen molar-refractivity contribution < 1.29 is 13.7 Å². The SMILES string of the molecule is CCC(C)(C)NC(=O)CCc1nc(-c2ccco2)no1. The van der Waals surface area contributed by atoms with Crippen molar-refractivity contribution in [2.45, 2.75) is 45.6 Å². The van der Waals surface area contributed by atoms with Crippen LogP contribution in [0.15, 0.2) is 27.3 Å². The normalized spacial score (nSPS) is 11.6. The van der Waals surface area contributed by atoms with Crippen LogP contribution in [0.5, 0.6) is 0 Å². The smallest absolute Gasteiger partial charge is 0.238 e. The predicted octanol–water partition coefficient (Wildman–Crippen LogP) is 2.57. The monoisotopic (exact) mass is 277 g/mol. The highest BCUT2D eigenvalue weighted by molar-refractivity contribution is 5.76. The van der Waals surface area contributed by atoms with Crippen molar-refractivity contribution >= 4 is 5.91 Å². The van der Waals surface area contributed by atoms with Gasteiger partial charge in [0.15, 0.2) is 5.76 Å². The molecule has 2 heterocycles. The fourth-order valence-corrected chi connectivity index (χ4v) is 1.61. The standard InChI is InChI=1S/C14H19N3O3/c1-4-14(2,3)16-11(18)7-8-12-15-13(17-20-12)10-6-5-9-19-10/h5-6,9H,4,7-8H2,1-3H3,(H,16,18). The maximum absolute atomic E-state index is 11.8. The Bertz CT molecular complexity index is 558. The Morgan fingerprint density at radius 1 is 1.45 bits per heavy atom. The van der Waals surface area contributed by atoms with Gasteiger partial charge in [0.1, 0.15) is 0 Å². The van der Waals surface area contributed by atoms with Crippen LogP contribution in [0.4, 0.5) is 0 Å². The second-order valence-corrected chi connectivity index (χ2v) is 5.27. The van der Waals surface area contributed by atoms with E-state index >= 15 is 0 Å². The first-order valence-electron chi connectivity index (χ1n) is 6.67. The first kappa shape index (κ1) is 14.3. The summed E-state index contributed by atoms with van der Waals surface area (Å²) in [4.78, 5) is 16.0. The summed E-state index contributed by atoms with van der Waals surface area (Å²) in [5.41, 5.74) is -0.189. The number of nitrogens with one attached hydrogen (secondary N) is 1. The summed E-state index contributed by atoms with van der Waals surface area (Å²) in [6, 6.07) is 3.51. The van der Waals surface area contributed by atoms with Crippen LogP contribution in [0.3, 0.4) is 0 Å². The van der Waals surface area contributed by atoms with E-state index in [2.05, 4.69) is 15.5 Å². The lowest BCUT2D eigenvalue weighted by atomic mass is 10.0. The van der Waals surface area contributed by atoms with Crippen molar-refractivity contribution in [1.29, 1.82) is 0 Å². The minimum atomic E-state index is -0.189. The van der Waals surface area contributed by atoms with Crippen molar-refractivity contribution in [1.82, 2.24) is 15.5 Å². The highest BCUT2D eigenvalue weighted by atomic mass is 16.5. The number of nitrogens with zero attached hydrogens (tertiary/aromatic N) is 2. The number of carbonyl (C=O) groups excluding carboxylic acids is 1. The van der Waals surface area contributed by atoms with Crippen molar-refractivity contribution in [3.05, 3.63) is 24.3 Å². The number of carbonyl (C=O) groups is 1. The molecule has 108 valence electrons. The third-order valence-corrected chi connectivity index (χ3v) is 3.14. The molecule has 2 aromatic heterocycles. The zero-order chi connectivity index (χ0) is 14.6. The molecule has 0 fully saturated rings. The van der Waals surface area contributed by atoms with Crippen LogP contribution in [-0.4, -0.2) is 21.6 Å². The van der Waals surface area contributed by atoms with Gasteiger partial charge >= 0.3 is 0 Å². The van der Waals surface area contributed by atoms with E-state index in [1.165, 1.54) is 0 Å². The van der Waals surface area contributed by atoms with E-state index < -0.39 is 0 Å². The van der Waals surface area contributed by atoms with Gasteiger partial charge in [-0.15, -0.1) is 0 Å². The zero-order valence-electron chi connectivity index (χ0n) is 12.0. The van der Waals surface area contributed by atoms with E-state index in [9.17, 15) is 4.79 Å². The lowest BCUT2D eigenvalue weighted by molar-refractivity contribution is -0.122. The molecule has 6 heteroatoms. The summed E-state index contributed by atoms with van der Waals surface area (Å²) in [5, 5.41) is 6.78. The average molecular weight is 277 g/mol. The minimum Gasteiger partial charge on any atom is -0.461 e. The van der Waals surface area contributed by atoms with Crippen molar-refractivity contribution in [2.75, 3.05) is 0 Å². The van der Waals surface area contributed by atoms with Gasteiger partial charge in [0.05, 0.1) is 6.26 Å². The van der Waals surface area contributed by atoms with Gasteiger partial charge in [-0.1, -0.05) is 12.1 Å². The molecule has 0 aliphatic heterocycles. The third kappa shape index (κ3) is 3.69. The summed E-state index contributed by atoms with van der Waals surface area (Å²) >= 11 is 0. The number of aryl methyl sites for hydroxylation is 1. The highest BCUT2D eigenvalue weighted by Crippen LogP contribution is 2.16. The third-order valence-electron chi connectivity index (χ3n) is 3.14. The minimum absolute atomic E-state index is 0.0189. The molecule has 0 atom stereocenters. The number of amides is 1. The molecule has 20 heavy (non-hydrogen) atoms. The molecule has 0 unspecified atom stereocenters. The van der Waals surface area contributed by atoms with E-state index in [0.717, 1.165) is 6.42 Å². The number of hydrogen-bond acceptors (Lipinski definition) is 5. The van der Waals surface area contributed by atoms with Gasteiger partial charge in [0, 0.05) is 18.4 Å². The predicted molar refractivity (Wildman–Crippen MR) is 72.8 cm³/mol. The fraction of sp³-hybridized carbons (Fsp3) is 0.500. The van der Waals surface area contributed by atoms with E-state index in [0.29, 0.717) is 30.3 Å². The molecule has 0 aromatic carbocycles. The summed E-state index contributed by atoms with van der Waals surface area (Å²) in [5.74, 6) is 1.37. The van der Waals surface area contributed by atoms with Crippen molar-refractivity contribution in [2.24, 2.45) is 0 Å². The van der Waals surface area contributed by atoms with Gasteiger partial charge < -0.3 is 14.3 Å². The molecule has 0 saturated carbocycles. The van der Waals surface area contributed by atoms with Crippen LogP contribution in [0, 0.1) is 0 Å². The lowest BCUT2D eigenvalue weighted by Gasteiger charge is -2.24. The second kappa shape index (κ2) is 5.90. The summed E-state index contributed by atoms with van der Waals surface area (Å²) in [6.45, 7) is 6.02. The van der Waals surface area contributed by atoms with Crippen LogP contribution in [0.1, 0.15) is 39.5 Å². The Morgan fingerprint density at radius 3 is 2.90 bits per heavy atom. The number of furan rings is 1. The van der Waals surface area contributed by atoms with Crippen LogP contribution < -0.4 is 5.32 Å². The highest BCUT2D eigenvalue weighted by Gasteiger charge is 2.18. The molecular weight excluding hydrogens is 258 g/mol. The maximum atomic E-state index is 11.8. The molecule has 1 amide bonds. The van der Waals surface area contributed by atoms with E-state index in [4.69, 9.17) is 8.94 Å². The van der Waals surface area contributed by atoms with Gasteiger partial charge in [0.25, 0.3) is 0 Å². The Balaban J connectivity index is 1.87. The van der Waals surface area contributed by atoms with Crippen LogP contribution >= 0.6 is 0 Å². The molecule has 0 aliphatic rings. The number of aromatic nitrogens is 2. The van der Waals surface area contributed by atoms with E-state index in [-0.39, 0.29) is 11.4 Å². The number of rotatable bonds is 6. The van der Waals surface area contributed by atoms with Crippen LogP contribution in [-0.2, 0) is 11.2 Å². The molecule has 1 N–H and O–H groups in total. The molecule has 0 spiro atoms. The van der Waals surface area contributed by atoms with Gasteiger partial charge in [0.2, 0.25) is 17.6 Å². The molecular formula is C14H19N3O3. The average Bonchev–Trinajstić information content (AvgIpc) is 3.06. The van der Waals surface area contributed by atoms with Crippen molar-refractivity contribution in [3.63, 3.8) is 0 Å². The lowest BCUT2D eigenvalue weighted by Crippen LogP contribution is -2.42. The number of hydrogen-bond donors (Lipinski definition) is 1. The van der Waals surface area contributed by atoms with Crippen molar-refractivity contribution in [3.8, 4) is 11.6 Å². The Hall–Kier alpha value is -2.11. The fourth-order valence-electron chi connectivity index (χ4n) is 1.61. The molecule has 6 nitrogen and oxygen atoms in total. The Morgan fingerprint density at radius 2 is 2.25 bits per heavy atom. The van der Waals surface area contributed by atoms with Gasteiger partial charge in [-0.3, -0.25) is 4.79 Å². The summed E-state index contributed by atoms with van der Waals surface area (Å²) < 4.78 is 10.3. The molecule has 2 aromatic rings. The molecule has 2 rings (SSSR count). The van der Waals surface area contributed by atoms with E-state index in [1.54, 1.807) is 18.4 Å². The quantitative estimate of drug-likeness (QED) is 0.877. The molecule has 0 radical (unpaired) electrons. The first-order chi connectivity index (χ1) is 9.50. The zero-order valence-corrected chi connectivity index (χ0v) is 12.0. The van der Waals surface area contributed by atoms with E-state index in [1.807, 2.05) is 20.8 Å². The van der Waals surface area contributed by atoms with Crippen LogP contribution in [0.25, 0.3) is 11.6 Å². The molecule has 0 aliphatic carbocycles. The van der Waals surface area contributed by atoms with Gasteiger partial charge in [-0.25, -0.2) is 0 Å². The Labute approximate surface area is 117 Å². The molecule has 0 saturated heterocycles. The molecule has 0 bridgehead atoms. The largest absolute Gasteiger partial charge is 0.461 e. The first-order valence-corrected chi connectivity index (χ1v) is 6.67. The van der Waals surface area contributed by atoms with Gasteiger partial charge in [-0.2, -0.15) is 4.98 Å². The second-order valence-electron chi connectivity index (χ2n) is 5.27.